The van der Waals surface area contributed by atoms with E-state index in [-0.39, 0.29) is 6.29 Å². The fraction of sp³-hybridized carbons (Fsp3) is 0.846. The van der Waals surface area contributed by atoms with Gasteiger partial charge < -0.3 is 9.47 Å². The third kappa shape index (κ3) is 2.61. The van der Waals surface area contributed by atoms with Crippen molar-refractivity contribution >= 4 is 0 Å². The third-order valence-corrected chi connectivity index (χ3v) is 3.67. The molecule has 0 radical (unpaired) electrons. The summed E-state index contributed by atoms with van der Waals surface area (Å²) < 4.78 is 11.1. The van der Waals surface area contributed by atoms with E-state index in [1.807, 2.05) is 0 Å². The van der Waals surface area contributed by atoms with Crippen LogP contribution in [0.2, 0.25) is 0 Å². The summed E-state index contributed by atoms with van der Waals surface area (Å²) in [6, 6.07) is 0. The zero-order chi connectivity index (χ0) is 10.9. The van der Waals surface area contributed by atoms with Crippen molar-refractivity contribution < 1.29 is 9.47 Å². The van der Waals surface area contributed by atoms with E-state index in [1.54, 1.807) is 0 Å². The maximum absolute atomic E-state index is 5.56. The minimum Gasteiger partial charge on any atom is -0.350 e. The Bertz CT molecular complexity index is 249. The molecule has 2 aliphatic rings. The second-order valence-corrected chi connectivity index (χ2v) is 5.39. The Balaban J connectivity index is 1.76. The zero-order valence-corrected chi connectivity index (χ0v) is 10.1. The van der Waals surface area contributed by atoms with E-state index in [4.69, 9.17) is 9.47 Å². The van der Waals surface area contributed by atoms with Crippen LogP contribution >= 0.6 is 0 Å². The molecule has 15 heavy (non-hydrogen) atoms. The summed E-state index contributed by atoms with van der Waals surface area (Å²) in [6.07, 6.45) is 6.17. The molecule has 0 amide bonds. The molecule has 2 fully saturated rings. The Morgan fingerprint density at radius 2 is 2.00 bits per heavy atom. The highest BCUT2D eigenvalue weighted by atomic mass is 16.7. The highest BCUT2D eigenvalue weighted by Gasteiger charge is 2.55. The minimum absolute atomic E-state index is 0.0988. The molecule has 1 saturated heterocycles. The van der Waals surface area contributed by atoms with Crippen LogP contribution in [0.1, 0.15) is 40.0 Å². The van der Waals surface area contributed by atoms with Crippen LogP contribution in [0, 0.1) is 11.3 Å². The van der Waals surface area contributed by atoms with Crippen molar-refractivity contribution in [3.63, 3.8) is 0 Å². The average molecular weight is 210 g/mol. The smallest absolute Gasteiger partial charge is 0.161 e. The van der Waals surface area contributed by atoms with Crippen LogP contribution in [0.3, 0.4) is 0 Å². The SMILES string of the molecule is CC(C)=CCCC1(C)CC1C1OCCO1. The quantitative estimate of drug-likeness (QED) is 0.664. The Morgan fingerprint density at radius 1 is 1.33 bits per heavy atom. The van der Waals surface area contributed by atoms with Crippen LogP contribution in [-0.4, -0.2) is 19.5 Å². The van der Waals surface area contributed by atoms with Crippen LogP contribution in [-0.2, 0) is 9.47 Å². The van der Waals surface area contributed by atoms with Crippen molar-refractivity contribution in [3.05, 3.63) is 11.6 Å². The van der Waals surface area contributed by atoms with Crippen LogP contribution in [0.5, 0.6) is 0 Å². The molecule has 2 nitrogen and oxygen atoms in total. The van der Waals surface area contributed by atoms with E-state index in [1.165, 1.54) is 24.8 Å². The molecule has 1 aliphatic carbocycles. The largest absolute Gasteiger partial charge is 0.350 e. The number of hydrogen-bond donors (Lipinski definition) is 0. The van der Waals surface area contributed by atoms with E-state index in [9.17, 15) is 0 Å². The summed E-state index contributed by atoms with van der Waals surface area (Å²) >= 11 is 0. The normalized spacial score (nSPS) is 35.5. The molecule has 2 rings (SSSR count). The molecular weight excluding hydrogens is 188 g/mol. The van der Waals surface area contributed by atoms with E-state index < -0.39 is 0 Å². The maximum atomic E-state index is 5.56. The fourth-order valence-corrected chi connectivity index (χ4v) is 2.46. The van der Waals surface area contributed by atoms with Crippen molar-refractivity contribution in [2.45, 2.75) is 46.3 Å². The molecule has 0 spiro atoms. The number of ether oxygens (including phenoxy) is 2. The standard InChI is InChI=1S/C13H22O2/c1-10(2)5-4-6-13(3)9-11(13)12-14-7-8-15-12/h5,11-12H,4,6-9H2,1-3H3. The first kappa shape index (κ1) is 11.2. The predicted octanol–water partition coefficient (Wildman–Crippen LogP) is 3.13. The summed E-state index contributed by atoms with van der Waals surface area (Å²) in [5.74, 6) is 0.644. The van der Waals surface area contributed by atoms with Gasteiger partial charge in [-0.15, -0.1) is 0 Å². The van der Waals surface area contributed by atoms with Crippen LogP contribution < -0.4 is 0 Å². The lowest BCUT2D eigenvalue weighted by atomic mass is 9.98. The van der Waals surface area contributed by atoms with Crippen LogP contribution in [0.4, 0.5) is 0 Å². The van der Waals surface area contributed by atoms with Gasteiger partial charge in [-0.05, 0) is 38.5 Å². The van der Waals surface area contributed by atoms with Crippen molar-refractivity contribution in [2.24, 2.45) is 11.3 Å². The molecular formula is C13H22O2. The molecule has 2 atom stereocenters. The van der Waals surface area contributed by atoms with Gasteiger partial charge in [0.25, 0.3) is 0 Å². The lowest BCUT2D eigenvalue weighted by Crippen LogP contribution is -2.15. The Kier molecular flexibility index (Phi) is 3.17. The summed E-state index contributed by atoms with van der Waals surface area (Å²) in [6.45, 7) is 8.25. The summed E-state index contributed by atoms with van der Waals surface area (Å²) in [7, 11) is 0. The van der Waals surface area contributed by atoms with E-state index >= 15 is 0 Å². The zero-order valence-electron chi connectivity index (χ0n) is 10.1. The second-order valence-electron chi connectivity index (χ2n) is 5.39. The Morgan fingerprint density at radius 3 is 2.60 bits per heavy atom. The maximum Gasteiger partial charge on any atom is 0.161 e. The summed E-state index contributed by atoms with van der Waals surface area (Å²) in [4.78, 5) is 0. The lowest BCUT2D eigenvalue weighted by Gasteiger charge is -2.14. The number of rotatable bonds is 4. The molecule has 86 valence electrons. The van der Waals surface area contributed by atoms with Gasteiger partial charge >= 0.3 is 0 Å². The molecule has 2 heteroatoms. The minimum atomic E-state index is 0.0988. The van der Waals surface area contributed by atoms with Gasteiger partial charge in [0.2, 0.25) is 0 Å². The molecule has 0 bridgehead atoms. The first-order valence-electron chi connectivity index (χ1n) is 5.98. The van der Waals surface area contributed by atoms with Gasteiger partial charge in [-0.25, -0.2) is 0 Å². The van der Waals surface area contributed by atoms with Crippen LogP contribution in [0.25, 0.3) is 0 Å². The highest BCUT2D eigenvalue weighted by molar-refractivity contribution is 5.03. The highest BCUT2D eigenvalue weighted by Crippen LogP contribution is 2.58. The molecule has 0 aromatic rings. The van der Waals surface area contributed by atoms with E-state index in [0.717, 1.165) is 13.2 Å². The van der Waals surface area contributed by atoms with Gasteiger partial charge in [-0.2, -0.15) is 0 Å². The first-order valence-corrected chi connectivity index (χ1v) is 5.98. The monoisotopic (exact) mass is 210 g/mol. The van der Waals surface area contributed by atoms with Gasteiger partial charge in [0.05, 0.1) is 13.2 Å². The summed E-state index contributed by atoms with van der Waals surface area (Å²) in [5.41, 5.74) is 1.89. The van der Waals surface area contributed by atoms with E-state index in [0.29, 0.717) is 11.3 Å². The first-order chi connectivity index (χ1) is 7.12. The van der Waals surface area contributed by atoms with E-state index in [2.05, 4.69) is 26.8 Å². The molecule has 0 aromatic carbocycles. The molecule has 1 saturated carbocycles. The number of allylic oxidation sites excluding steroid dienone is 2. The molecule has 0 aromatic heterocycles. The molecule has 2 unspecified atom stereocenters. The van der Waals surface area contributed by atoms with Gasteiger partial charge in [0.15, 0.2) is 6.29 Å². The average Bonchev–Trinajstić information content (AvgIpc) is 2.66. The molecule has 1 heterocycles. The molecule has 1 aliphatic heterocycles. The van der Waals surface area contributed by atoms with Crippen molar-refractivity contribution in [1.82, 2.24) is 0 Å². The van der Waals surface area contributed by atoms with Gasteiger partial charge in [0.1, 0.15) is 0 Å². The third-order valence-electron chi connectivity index (χ3n) is 3.67. The van der Waals surface area contributed by atoms with Crippen molar-refractivity contribution in [2.75, 3.05) is 13.2 Å². The Labute approximate surface area is 92.6 Å². The van der Waals surface area contributed by atoms with Gasteiger partial charge in [0, 0.05) is 5.92 Å². The van der Waals surface area contributed by atoms with Crippen molar-refractivity contribution in [1.29, 1.82) is 0 Å². The summed E-state index contributed by atoms with van der Waals surface area (Å²) in [5, 5.41) is 0. The Hall–Kier alpha value is -0.340. The second kappa shape index (κ2) is 4.26. The van der Waals surface area contributed by atoms with Gasteiger partial charge in [-0.3, -0.25) is 0 Å². The van der Waals surface area contributed by atoms with Gasteiger partial charge in [-0.1, -0.05) is 18.6 Å². The number of hydrogen-bond acceptors (Lipinski definition) is 2. The topological polar surface area (TPSA) is 18.5 Å². The van der Waals surface area contributed by atoms with Crippen molar-refractivity contribution in [3.8, 4) is 0 Å². The predicted molar refractivity (Wildman–Crippen MR) is 60.6 cm³/mol. The lowest BCUT2D eigenvalue weighted by molar-refractivity contribution is -0.0660. The fourth-order valence-electron chi connectivity index (χ4n) is 2.46. The molecule has 0 N–H and O–H groups in total. The van der Waals surface area contributed by atoms with Crippen LogP contribution in [0.15, 0.2) is 11.6 Å².